The van der Waals surface area contributed by atoms with Crippen LogP contribution in [0.15, 0.2) is 22.5 Å². The number of guanidine groups is 1. The lowest BCUT2D eigenvalue weighted by Crippen LogP contribution is -2.42. The second-order valence-electron chi connectivity index (χ2n) is 5.95. The molecule has 5 heteroatoms. The Bertz CT molecular complexity index is 438. The van der Waals surface area contributed by atoms with Crippen LogP contribution in [0, 0.1) is 0 Å². The zero-order valence-electron chi connectivity index (χ0n) is 14.1. The smallest absolute Gasteiger partial charge is 0.191 e. The van der Waals surface area contributed by atoms with Crippen molar-refractivity contribution in [1.82, 2.24) is 15.5 Å². The fourth-order valence-electron chi connectivity index (χ4n) is 2.75. The van der Waals surface area contributed by atoms with E-state index in [1.807, 2.05) is 11.3 Å². The van der Waals surface area contributed by atoms with Gasteiger partial charge in [0.2, 0.25) is 0 Å². The number of hydrogen-bond acceptors (Lipinski definition) is 3. The summed E-state index contributed by atoms with van der Waals surface area (Å²) in [5.74, 6) is 0.942. The quantitative estimate of drug-likeness (QED) is 0.598. The van der Waals surface area contributed by atoms with E-state index in [-0.39, 0.29) is 0 Å². The standard InChI is InChI=1S/C17H30N4S/c1-4-14(3)20-17(18-5-2)19-13-15(16-9-8-12-22-16)21-10-6-7-11-21/h8-9,12,14-15H,4-7,10-11,13H2,1-3H3,(H2,18,19,20). The summed E-state index contributed by atoms with van der Waals surface area (Å²) in [5, 5.41) is 9.02. The monoisotopic (exact) mass is 322 g/mol. The van der Waals surface area contributed by atoms with Crippen LogP contribution in [-0.4, -0.2) is 43.1 Å². The highest BCUT2D eigenvalue weighted by Crippen LogP contribution is 2.28. The van der Waals surface area contributed by atoms with Gasteiger partial charge in [-0.2, -0.15) is 0 Å². The van der Waals surface area contributed by atoms with Crippen LogP contribution >= 0.6 is 11.3 Å². The predicted octanol–water partition coefficient (Wildman–Crippen LogP) is 3.24. The van der Waals surface area contributed by atoms with Gasteiger partial charge in [-0.3, -0.25) is 9.89 Å². The van der Waals surface area contributed by atoms with E-state index in [0.717, 1.165) is 25.5 Å². The summed E-state index contributed by atoms with van der Waals surface area (Å²) < 4.78 is 0. The van der Waals surface area contributed by atoms with Gasteiger partial charge < -0.3 is 10.6 Å². The van der Waals surface area contributed by atoms with Gasteiger partial charge in [0, 0.05) is 17.5 Å². The summed E-state index contributed by atoms with van der Waals surface area (Å²) in [7, 11) is 0. The molecule has 2 atom stereocenters. The molecule has 0 spiro atoms. The molecule has 0 amide bonds. The molecule has 0 saturated carbocycles. The number of nitrogens with one attached hydrogen (secondary N) is 2. The van der Waals surface area contributed by atoms with Gasteiger partial charge in [-0.25, -0.2) is 0 Å². The molecule has 1 fully saturated rings. The second kappa shape index (κ2) is 9.16. The van der Waals surface area contributed by atoms with Crippen LogP contribution in [0.4, 0.5) is 0 Å². The average molecular weight is 323 g/mol. The Hall–Kier alpha value is -1.07. The van der Waals surface area contributed by atoms with Crippen molar-refractivity contribution in [3.63, 3.8) is 0 Å². The molecule has 1 aromatic heterocycles. The highest BCUT2D eigenvalue weighted by molar-refractivity contribution is 7.10. The van der Waals surface area contributed by atoms with Crippen molar-refractivity contribution < 1.29 is 0 Å². The van der Waals surface area contributed by atoms with E-state index in [9.17, 15) is 0 Å². The Morgan fingerprint density at radius 1 is 1.36 bits per heavy atom. The Labute approximate surface area is 139 Å². The molecule has 1 aromatic rings. The van der Waals surface area contributed by atoms with E-state index in [0.29, 0.717) is 12.1 Å². The SMILES string of the molecule is CCNC(=NCC(c1cccs1)N1CCCC1)NC(C)CC. The van der Waals surface area contributed by atoms with E-state index in [2.05, 4.69) is 53.8 Å². The van der Waals surface area contributed by atoms with Crippen LogP contribution in [-0.2, 0) is 0 Å². The van der Waals surface area contributed by atoms with Gasteiger partial charge in [-0.05, 0) is 57.6 Å². The molecular formula is C17H30N4S. The Kier molecular flexibility index (Phi) is 7.19. The number of aliphatic imine (C=N–C) groups is 1. The first-order valence-corrected chi connectivity index (χ1v) is 9.44. The third-order valence-corrected chi connectivity index (χ3v) is 5.19. The summed E-state index contributed by atoms with van der Waals surface area (Å²) in [6.07, 6.45) is 3.73. The highest BCUT2D eigenvalue weighted by atomic mass is 32.1. The van der Waals surface area contributed by atoms with Crippen molar-refractivity contribution in [3.8, 4) is 0 Å². The minimum Gasteiger partial charge on any atom is -0.357 e. The fraction of sp³-hybridized carbons (Fsp3) is 0.706. The lowest BCUT2D eigenvalue weighted by atomic mass is 10.2. The number of thiophene rings is 1. The lowest BCUT2D eigenvalue weighted by molar-refractivity contribution is 0.255. The molecular weight excluding hydrogens is 292 g/mol. The molecule has 2 unspecified atom stereocenters. The van der Waals surface area contributed by atoms with Crippen LogP contribution in [0.5, 0.6) is 0 Å². The largest absolute Gasteiger partial charge is 0.357 e. The predicted molar refractivity (Wildman–Crippen MR) is 96.7 cm³/mol. The molecule has 4 nitrogen and oxygen atoms in total. The molecule has 2 heterocycles. The minimum atomic E-state index is 0.426. The third kappa shape index (κ3) is 4.99. The molecule has 0 bridgehead atoms. The summed E-state index contributed by atoms with van der Waals surface area (Å²) in [5.41, 5.74) is 0. The molecule has 124 valence electrons. The maximum Gasteiger partial charge on any atom is 0.191 e. The number of nitrogens with zero attached hydrogens (tertiary/aromatic N) is 2. The van der Waals surface area contributed by atoms with Crippen LogP contribution < -0.4 is 10.6 Å². The summed E-state index contributed by atoms with van der Waals surface area (Å²) in [6.45, 7) is 10.6. The minimum absolute atomic E-state index is 0.426. The Morgan fingerprint density at radius 2 is 2.14 bits per heavy atom. The van der Waals surface area contributed by atoms with E-state index in [1.54, 1.807) is 0 Å². The van der Waals surface area contributed by atoms with E-state index >= 15 is 0 Å². The molecule has 0 aliphatic carbocycles. The van der Waals surface area contributed by atoms with Crippen molar-refractivity contribution in [3.05, 3.63) is 22.4 Å². The number of hydrogen-bond donors (Lipinski definition) is 2. The van der Waals surface area contributed by atoms with Crippen LogP contribution in [0.25, 0.3) is 0 Å². The first-order valence-electron chi connectivity index (χ1n) is 8.56. The maximum absolute atomic E-state index is 4.86. The molecule has 0 radical (unpaired) electrons. The molecule has 1 aliphatic rings. The summed E-state index contributed by atoms with van der Waals surface area (Å²) in [4.78, 5) is 8.88. The number of likely N-dealkylation sites (tertiary alicyclic amines) is 1. The van der Waals surface area contributed by atoms with Gasteiger partial charge >= 0.3 is 0 Å². The third-order valence-electron chi connectivity index (χ3n) is 4.22. The van der Waals surface area contributed by atoms with E-state index < -0.39 is 0 Å². The van der Waals surface area contributed by atoms with Gasteiger partial charge in [0.1, 0.15) is 0 Å². The highest BCUT2D eigenvalue weighted by Gasteiger charge is 2.24. The Morgan fingerprint density at radius 3 is 2.73 bits per heavy atom. The van der Waals surface area contributed by atoms with Gasteiger partial charge in [0.25, 0.3) is 0 Å². The topological polar surface area (TPSA) is 39.7 Å². The van der Waals surface area contributed by atoms with Crippen LogP contribution in [0.1, 0.15) is 51.0 Å². The maximum atomic E-state index is 4.86. The van der Waals surface area contributed by atoms with Crippen molar-refractivity contribution in [2.45, 2.75) is 52.1 Å². The van der Waals surface area contributed by atoms with Crippen molar-refractivity contribution in [1.29, 1.82) is 0 Å². The second-order valence-corrected chi connectivity index (χ2v) is 6.93. The Balaban J connectivity index is 2.05. The number of rotatable bonds is 7. The van der Waals surface area contributed by atoms with Crippen LogP contribution in [0.3, 0.4) is 0 Å². The molecule has 2 rings (SSSR count). The van der Waals surface area contributed by atoms with E-state index in [1.165, 1.54) is 30.8 Å². The van der Waals surface area contributed by atoms with Gasteiger partial charge in [-0.15, -0.1) is 11.3 Å². The molecule has 2 N–H and O–H groups in total. The van der Waals surface area contributed by atoms with Gasteiger partial charge in [-0.1, -0.05) is 13.0 Å². The summed E-state index contributed by atoms with van der Waals surface area (Å²) >= 11 is 1.85. The van der Waals surface area contributed by atoms with Crippen LogP contribution in [0.2, 0.25) is 0 Å². The molecule has 1 saturated heterocycles. The summed E-state index contributed by atoms with van der Waals surface area (Å²) in [6, 6.07) is 5.27. The zero-order chi connectivity index (χ0) is 15.8. The average Bonchev–Trinajstić information content (AvgIpc) is 3.21. The first kappa shape index (κ1) is 17.3. The first-order chi connectivity index (χ1) is 10.7. The lowest BCUT2D eigenvalue weighted by Gasteiger charge is -2.26. The zero-order valence-corrected chi connectivity index (χ0v) is 15.0. The molecule has 1 aliphatic heterocycles. The van der Waals surface area contributed by atoms with Crippen molar-refractivity contribution in [2.24, 2.45) is 4.99 Å². The van der Waals surface area contributed by atoms with Gasteiger partial charge in [0.15, 0.2) is 5.96 Å². The van der Waals surface area contributed by atoms with Gasteiger partial charge in [0.05, 0.1) is 12.6 Å². The fourth-order valence-corrected chi connectivity index (χ4v) is 3.60. The van der Waals surface area contributed by atoms with Crippen molar-refractivity contribution in [2.75, 3.05) is 26.2 Å². The van der Waals surface area contributed by atoms with E-state index in [4.69, 9.17) is 4.99 Å². The molecule has 22 heavy (non-hydrogen) atoms. The normalized spacial score (nSPS) is 19.1. The van der Waals surface area contributed by atoms with Crippen molar-refractivity contribution >= 4 is 17.3 Å². The molecule has 0 aromatic carbocycles.